The largest absolute Gasteiger partial charge is 0.298 e. The molecule has 0 atom stereocenters. The molecule has 0 saturated heterocycles. The Hall–Kier alpha value is -2.33. The van der Waals surface area contributed by atoms with Crippen molar-refractivity contribution in [2.24, 2.45) is 0 Å². The summed E-state index contributed by atoms with van der Waals surface area (Å²) in [6.07, 6.45) is 1.21. The van der Waals surface area contributed by atoms with Gasteiger partial charge in [0.1, 0.15) is 12.1 Å². The van der Waals surface area contributed by atoms with Crippen molar-refractivity contribution < 1.29 is 9.18 Å². The van der Waals surface area contributed by atoms with E-state index in [1.807, 2.05) is 35.7 Å². The molecule has 0 aliphatic rings. The van der Waals surface area contributed by atoms with Crippen LogP contribution in [0.2, 0.25) is 0 Å². The van der Waals surface area contributed by atoms with Crippen molar-refractivity contribution in [3.8, 4) is 11.3 Å². The maximum atomic E-state index is 13.3. The van der Waals surface area contributed by atoms with Gasteiger partial charge in [0.25, 0.3) is 0 Å². The molecule has 0 saturated carbocycles. The molecule has 0 bridgehead atoms. The molecule has 2 nitrogen and oxygen atoms in total. The lowest BCUT2D eigenvalue weighted by atomic mass is 10.1. The maximum Gasteiger partial charge on any atom is 0.150 e. The Morgan fingerprint density at radius 1 is 1.14 bits per heavy atom. The highest BCUT2D eigenvalue weighted by molar-refractivity contribution is 7.10. The fourth-order valence-electron chi connectivity index (χ4n) is 2.14. The van der Waals surface area contributed by atoms with E-state index in [-0.39, 0.29) is 5.82 Å². The van der Waals surface area contributed by atoms with Crippen molar-refractivity contribution in [3.05, 3.63) is 75.9 Å². The molecule has 3 aromatic rings. The monoisotopic (exact) mass is 297 g/mol. The number of hydrogen-bond acceptors (Lipinski definition) is 3. The Bertz CT molecular complexity index is 767. The topological polar surface area (TPSA) is 30.0 Å². The molecule has 0 fully saturated rings. The number of carbonyl (C=O) groups is 1. The Morgan fingerprint density at radius 2 is 1.95 bits per heavy atom. The van der Waals surface area contributed by atoms with Crippen molar-refractivity contribution in [1.82, 2.24) is 4.98 Å². The summed E-state index contributed by atoms with van der Waals surface area (Å²) in [5.74, 6) is -0.338. The summed E-state index contributed by atoms with van der Waals surface area (Å²) in [7, 11) is 0. The van der Waals surface area contributed by atoms with Gasteiger partial charge in [0.05, 0.1) is 10.7 Å². The number of aromatic nitrogens is 1. The van der Waals surface area contributed by atoms with Gasteiger partial charge in [-0.3, -0.25) is 4.79 Å². The highest BCUT2D eigenvalue weighted by Crippen LogP contribution is 2.24. The predicted molar refractivity (Wildman–Crippen MR) is 82.1 cm³/mol. The van der Waals surface area contributed by atoms with E-state index in [0.717, 1.165) is 22.6 Å². The Kier molecular flexibility index (Phi) is 3.88. The molecule has 0 N–H and O–H groups in total. The van der Waals surface area contributed by atoms with Crippen LogP contribution in [0, 0.1) is 5.82 Å². The number of nitrogens with zero attached hydrogens (tertiary/aromatic N) is 1. The molecular weight excluding hydrogens is 285 g/mol. The summed E-state index contributed by atoms with van der Waals surface area (Å²) < 4.78 is 13.3. The molecule has 0 unspecified atom stereocenters. The molecule has 0 spiro atoms. The molecule has 4 heteroatoms. The molecule has 3 rings (SSSR count). The molecule has 2 aromatic carbocycles. The first-order valence-electron chi connectivity index (χ1n) is 6.49. The zero-order valence-corrected chi connectivity index (χ0v) is 11.9. The van der Waals surface area contributed by atoms with Gasteiger partial charge in [0, 0.05) is 22.9 Å². The van der Waals surface area contributed by atoms with Crippen LogP contribution in [0.15, 0.2) is 53.9 Å². The van der Waals surface area contributed by atoms with Crippen LogP contribution in [0.1, 0.15) is 20.9 Å². The number of benzene rings is 2. The van der Waals surface area contributed by atoms with Crippen molar-refractivity contribution in [3.63, 3.8) is 0 Å². The van der Waals surface area contributed by atoms with E-state index in [2.05, 4.69) is 4.98 Å². The Labute approximate surface area is 125 Å². The van der Waals surface area contributed by atoms with Gasteiger partial charge in [-0.2, -0.15) is 0 Å². The van der Waals surface area contributed by atoms with Gasteiger partial charge < -0.3 is 0 Å². The maximum absolute atomic E-state index is 13.3. The van der Waals surface area contributed by atoms with E-state index in [0.29, 0.717) is 17.5 Å². The zero-order chi connectivity index (χ0) is 14.7. The summed E-state index contributed by atoms with van der Waals surface area (Å²) in [6, 6.07) is 14.1. The van der Waals surface area contributed by atoms with Gasteiger partial charge in [-0.1, -0.05) is 30.3 Å². The third kappa shape index (κ3) is 3.06. The van der Waals surface area contributed by atoms with Crippen molar-refractivity contribution in [2.45, 2.75) is 6.42 Å². The van der Waals surface area contributed by atoms with Gasteiger partial charge in [0.2, 0.25) is 0 Å². The SMILES string of the molecule is O=Cc1ccc(F)cc1Cc1nc(-c2ccccc2)cs1. The van der Waals surface area contributed by atoms with Gasteiger partial charge in [-0.25, -0.2) is 9.37 Å². The molecule has 0 radical (unpaired) electrons. The highest BCUT2D eigenvalue weighted by atomic mass is 32.1. The van der Waals surface area contributed by atoms with E-state index in [9.17, 15) is 9.18 Å². The first-order valence-corrected chi connectivity index (χ1v) is 7.37. The third-order valence-corrected chi connectivity index (χ3v) is 4.04. The second-order valence-corrected chi connectivity index (χ2v) is 5.57. The van der Waals surface area contributed by atoms with Crippen LogP contribution in [0.5, 0.6) is 0 Å². The first kappa shape index (κ1) is 13.6. The van der Waals surface area contributed by atoms with Gasteiger partial charge in [-0.05, 0) is 23.8 Å². The number of hydrogen-bond donors (Lipinski definition) is 0. The van der Waals surface area contributed by atoms with Gasteiger partial charge in [-0.15, -0.1) is 11.3 Å². The molecule has 21 heavy (non-hydrogen) atoms. The minimum absolute atomic E-state index is 0.338. The quantitative estimate of drug-likeness (QED) is 0.670. The van der Waals surface area contributed by atoms with Crippen LogP contribution < -0.4 is 0 Å². The number of thiazole rings is 1. The van der Waals surface area contributed by atoms with Crippen LogP contribution in [0.4, 0.5) is 4.39 Å². The van der Waals surface area contributed by atoms with Crippen molar-refractivity contribution in [1.29, 1.82) is 0 Å². The number of halogens is 1. The summed E-state index contributed by atoms with van der Waals surface area (Å²) >= 11 is 1.51. The molecule has 0 amide bonds. The Balaban J connectivity index is 1.88. The van der Waals surface area contributed by atoms with Crippen molar-refractivity contribution >= 4 is 17.6 Å². The van der Waals surface area contributed by atoms with Crippen LogP contribution in [-0.4, -0.2) is 11.3 Å². The second-order valence-electron chi connectivity index (χ2n) is 4.63. The molecule has 1 aromatic heterocycles. The standard InChI is InChI=1S/C17H12FNOS/c18-15-7-6-13(10-20)14(8-15)9-17-19-16(11-21-17)12-4-2-1-3-5-12/h1-8,10-11H,9H2. The van der Waals surface area contributed by atoms with Crippen LogP contribution in [-0.2, 0) is 6.42 Å². The number of carbonyl (C=O) groups excluding carboxylic acids is 1. The lowest BCUT2D eigenvalue weighted by Gasteiger charge is -2.02. The lowest BCUT2D eigenvalue weighted by Crippen LogP contribution is -1.95. The van der Waals surface area contributed by atoms with Gasteiger partial charge in [0.15, 0.2) is 0 Å². The summed E-state index contributed by atoms with van der Waals surface area (Å²) in [6.45, 7) is 0. The first-order chi connectivity index (χ1) is 10.3. The average Bonchev–Trinajstić information content (AvgIpc) is 2.97. The normalized spacial score (nSPS) is 10.5. The van der Waals surface area contributed by atoms with E-state index >= 15 is 0 Å². The van der Waals surface area contributed by atoms with Crippen LogP contribution >= 0.6 is 11.3 Å². The molecular formula is C17H12FNOS. The predicted octanol–water partition coefficient (Wildman–Crippen LogP) is 4.35. The minimum Gasteiger partial charge on any atom is -0.298 e. The fourth-order valence-corrected chi connectivity index (χ4v) is 2.97. The smallest absolute Gasteiger partial charge is 0.150 e. The van der Waals surface area contributed by atoms with E-state index in [1.54, 1.807) is 0 Å². The third-order valence-electron chi connectivity index (χ3n) is 3.19. The second kappa shape index (κ2) is 5.97. The van der Waals surface area contributed by atoms with Crippen molar-refractivity contribution in [2.75, 3.05) is 0 Å². The fraction of sp³-hybridized carbons (Fsp3) is 0.0588. The summed E-state index contributed by atoms with van der Waals surface area (Å²) in [5, 5.41) is 2.84. The van der Waals surface area contributed by atoms with E-state index < -0.39 is 0 Å². The van der Waals surface area contributed by atoms with E-state index in [4.69, 9.17) is 0 Å². The molecule has 1 heterocycles. The van der Waals surface area contributed by atoms with E-state index in [1.165, 1.54) is 29.5 Å². The summed E-state index contributed by atoms with van der Waals surface area (Å²) in [4.78, 5) is 15.6. The number of aldehydes is 1. The van der Waals surface area contributed by atoms with Crippen LogP contribution in [0.25, 0.3) is 11.3 Å². The lowest BCUT2D eigenvalue weighted by molar-refractivity contribution is 0.112. The summed E-state index contributed by atoms with van der Waals surface area (Å²) in [5.41, 5.74) is 3.13. The van der Waals surface area contributed by atoms with Crippen LogP contribution in [0.3, 0.4) is 0 Å². The molecule has 0 aliphatic carbocycles. The number of rotatable bonds is 4. The Morgan fingerprint density at radius 3 is 2.71 bits per heavy atom. The zero-order valence-electron chi connectivity index (χ0n) is 11.1. The highest BCUT2D eigenvalue weighted by Gasteiger charge is 2.09. The van der Waals surface area contributed by atoms with Gasteiger partial charge >= 0.3 is 0 Å². The molecule has 0 aliphatic heterocycles. The average molecular weight is 297 g/mol. The molecule has 104 valence electrons. The minimum atomic E-state index is -0.338.